The molecule has 124 valence electrons. The van der Waals surface area contributed by atoms with E-state index in [4.69, 9.17) is 8.94 Å². The lowest BCUT2D eigenvalue weighted by molar-refractivity contribution is -0.116. The fourth-order valence-electron chi connectivity index (χ4n) is 2.66. The maximum atomic E-state index is 12.2. The predicted octanol–water partition coefficient (Wildman–Crippen LogP) is 3.83. The molecule has 0 fully saturated rings. The van der Waals surface area contributed by atoms with Crippen molar-refractivity contribution >= 4 is 11.6 Å². The highest BCUT2D eigenvalue weighted by Crippen LogP contribution is 2.22. The van der Waals surface area contributed by atoms with E-state index < -0.39 is 0 Å². The Balaban J connectivity index is 1.60. The van der Waals surface area contributed by atoms with Crippen LogP contribution in [0.2, 0.25) is 0 Å². The molecule has 3 rings (SSSR count). The van der Waals surface area contributed by atoms with E-state index >= 15 is 0 Å². The number of hydrogen-bond donors (Lipinski definition) is 1. The summed E-state index contributed by atoms with van der Waals surface area (Å²) >= 11 is 0. The molecule has 0 spiro atoms. The zero-order valence-electron chi connectivity index (χ0n) is 13.9. The Morgan fingerprint density at radius 3 is 2.62 bits per heavy atom. The summed E-state index contributed by atoms with van der Waals surface area (Å²) in [5.74, 6) is 1.26. The van der Waals surface area contributed by atoms with Gasteiger partial charge in [-0.05, 0) is 44.0 Å². The van der Waals surface area contributed by atoms with Gasteiger partial charge in [-0.1, -0.05) is 22.9 Å². The first-order valence-corrected chi connectivity index (χ1v) is 7.77. The van der Waals surface area contributed by atoms with Crippen LogP contribution in [-0.2, 0) is 11.2 Å². The van der Waals surface area contributed by atoms with Gasteiger partial charge in [-0.15, -0.1) is 0 Å². The fourth-order valence-corrected chi connectivity index (χ4v) is 2.66. The molecule has 2 heterocycles. The van der Waals surface area contributed by atoms with Gasteiger partial charge in [0.1, 0.15) is 0 Å². The highest BCUT2D eigenvalue weighted by molar-refractivity contribution is 5.92. The highest BCUT2D eigenvalue weighted by Gasteiger charge is 2.13. The van der Waals surface area contributed by atoms with Crippen LogP contribution >= 0.6 is 0 Å². The molecular formula is C18H19N3O3. The van der Waals surface area contributed by atoms with Crippen molar-refractivity contribution in [2.24, 2.45) is 0 Å². The van der Waals surface area contributed by atoms with E-state index in [2.05, 4.69) is 27.6 Å². The molecule has 0 bridgehead atoms. The number of rotatable bonds is 5. The van der Waals surface area contributed by atoms with Crippen LogP contribution in [0.3, 0.4) is 0 Å². The minimum atomic E-state index is -0.0807. The van der Waals surface area contributed by atoms with Crippen molar-refractivity contribution in [2.45, 2.75) is 33.6 Å². The van der Waals surface area contributed by atoms with E-state index in [1.807, 2.05) is 20.8 Å². The summed E-state index contributed by atoms with van der Waals surface area (Å²) in [6.45, 7) is 6.02. The maximum Gasteiger partial charge on any atom is 0.238 e. The minimum Gasteiger partial charge on any atom is -0.461 e. The number of amides is 1. The second-order valence-corrected chi connectivity index (χ2v) is 5.81. The van der Waals surface area contributed by atoms with E-state index in [0.29, 0.717) is 23.9 Å². The monoisotopic (exact) mass is 325 g/mol. The van der Waals surface area contributed by atoms with Crippen molar-refractivity contribution in [3.05, 3.63) is 53.1 Å². The summed E-state index contributed by atoms with van der Waals surface area (Å²) in [5.41, 5.74) is 4.16. The van der Waals surface area contributed by atoms with Crippen LogP contribution in [0.15, 0.2) is 39.5 Å². The molecule has 0 saturated heterocycles. The van der Waals surface area contributed by atoms with E-state index in [0.717, 1.165) is 16.8 Å². The average Bonchev–Trinajstić information content (AvgIpc) is 3.19. The lowest BCUT2D eigenvalue weighted by Gasteiger charge is -2.12. The Morgan fingerprint density at radius 1 is 1.21 bits per heavy atom. The van der Waals surface area contributed by atoms with Gasteiger partial charge in [-0.25, -0.2) is 0 Å². The number of aromatic nitrogens is 2. The summed E-state index contributed by atoms with van der Waals surface area (Å²) < 4.78 is 10.4. The topological polar surface area (TPSA) is 81.2 Å². The van der Waals surface area contributed by atoms with Gasteiger partial charge in [0.15, 0.2) is 5.76 Å². The molecule has 2 aromatic heterocycles. The Hall–Kier alpha value is -2.89. The number of furan rings is 1. The van der Waals surface area contributed by atoms with Crippen molar-refractivity contribution < 1.29 is 13.7 Å². The Bertz CT molecular complexity index is 827. The molecule has 6 nitrogen and oxygen atoms in total. The smallest absolute Gasteiger partial charge is 0.238 e. The normalized spacial score (nSPS) is 10.8. The maximum absolute atomic E-state index is 12.2. The molecule has 0 saturated carbocycles. The van der Waals surface area contributed by atoms with Crippen LogP contribution in [-0.4, -0.2) is 16.0 Å². The Labute approximate surface area is 139 Å². The van der Waals surface area contributed by atoms with Crippen LogP contribution in [0.1, 0.15) is 29.0 Å². The van der Waals surface area contributed by atoms with Crippen LogP contribution < -0.4 is 5.32 Å². The van der Waals surface area contributed by atoms with Crippen LogP contribution in [0.4, 0.5) is 5.69 Å². The Kier molecular flexibility index (Phi) is 4.46. The zero-order valence-corrected chi connectivity index (χ0v) is 13.9. The van der Waals surface area contributed by atoms with Crippen molar-refractivity contribution in [2.75, 3.05) is 5.32 Å². The summed E-state index contributed by atoms with van der Waals surface area (Å²) in [6.07, 6.45) is 2.20. The molecule has 0 aliphatic carbocycles. The standard InChI is InChI=1S/C18H19N3O3/c1-11-9-12(2)17(13(3)10-11)19-15(22)6-7-16-20-18(21-24-16)14-5-4-8-23-14/h4-5,8-10H,6-7H2,1-3H3,(H,19,22). The lowest BCUT2D eigenvalue weighted by Crippen LogP contribution is -2.14. The van der Waals surface area contributed by atoms with Gasteiger partial charge in [0, 0.05) is 18.5 Å². The number of nitrogens with one attached hydrogen (secondary N) is 1. The number of hydrogen-bond acceptors (Lipinski definition) is 5. The molecule has 1 N–H and O–H groups in total. The number of nitrogens with zero attached hydrogens (tertiary/aromatic N) is 2. The summed E-state index contributed by atoms with van der Waals surface area (Å²) in [6, 6.07) is 7.61. The third-order valence-electron chi connectivity index (χ3n) is 3.72. The van der Waals surface area contributed by atoms with Crippen LogP contribution in [0.25, 0.3) is 11.6 Å². The second-order valence-electron chi connectivity index (χ2n) is 5.81. The SMILES string of the molecule is Cc1cc(C)c(NC(=O)CCc2nc(-c3ccco3)no2)c(C)c1. The number of aryl methyl sites for hydroxylation is 4. The quantitative estimate of drug-likeness (QED) is 0.771. The van der Waals surface area contributed by atoms with Crippen molar-refractivity contribution in [3.8, 4) is 11.6 Å². The molecule has 6 heteroatoms. The predicted molar refractivity (Wildman–Crippen MR) is 89.6 cm³/mol. The van der Waals surface area contributed by atoms with Gasteiger partial charge < -0.3 is 14.3 Å². The van der Waals surface area contributed by atoms with E-state index in [9.17, 15) is 4.79 Å². The van der Waals surface area contributed by atoms with Gasteiger partial charge in [0.05, 0.1) is 6.26 Å². The van der Waals surface area contributed by atoms with Crippen molar-refractivity contribution in [1.29, 1.82) is 0 Å². The number of carbonyl (C=O) groups excluding carboxylic acids is 1. The van der Waals surface area contributed by atoms with Gasteiger partial charge in [0.25, 0.3) is 0 Å². The summed E-state index contributed by atoms with van der Waals surface area (Å²) in [7, 11) is 0. The molecule has 3 aromatic rings. The molecule has 0 unspecified atom stereocenters. The van der Waals surface area contributed by atoms with Crippen molar-refractivity contribution in [1.82, 2.24) is 10.1 Å². The number of carbonyl (C=O) groups is 1. The first-order chi connectivity index (χ1) is 11.5. The molecule has 0 aliphatic heterocycles. The van der Waals surface area contributed by atoms with Crippen molar-refractivity contribution in [3.63, 3.8) is 0 Å². The minimum absolute atomic E-state index is 0.0807. The van der Waals surface area contributed by atoms with Gasteiger partial charge in [0.2, 0.25) is 17.6 Å². The molecular weight excluding hydrogens is 306 g/mol. The average molecular weight is 325 g/mol. The van der Waals surface area contributed by atoms with E-state index in [1.165, 1.54) is 5.56 Å². The largest absolute Gasteiger partial charge is 0.461 e. The molecule has 0 radical (unpaired) electrons. The van der Waals surface area contributed by atoms with E-state index in [1.54, 1.807) is 18.4 Å². The summed E-state index contributed by atoms with van der Waals surface area (Å²) in [5, 5.41) is 6.81. The van der Waals surface area contributed by atoms with E-state index in [-0.39, 0.29) is 12.3 Å². The van der Waals surface area contributed by atoms with Crippen LogP contribution in [0, 0.1) is 20.8 Å². The second kappa shape index (κ2) is 6.70. The first-order valence-electron chi connectivity index (χ1n) is 7.77. The fraction of sp³-hybridized carbons (Fsp3) is 0.278. The number of anilines is 1. The first kappa shape index (κ1) is 16.0. The molecule has 0 atom stereocenters. The third kappa shape index (κ3) is 3.53. The Morgan fingerprint density at radius 2 is 1.96 bits per heavy atom. The van der Waals surface area contributed by atoms with Gasteiger partial charge in [-0.3, -0.25) is 4.79 Å². The van der Waals surface area contributed by atoms with Gasteiger partial charge >= 0.3 is 0 Å². The lowest BCUT2D eigenvalue weighted by atomic mass is 10.0. The highest BCUT2D eigenvalue weighted by atomic mass is 16.5. The van der Waals surface area contributed by atoms with Crippen LogP contribution in [0.5, 0.6) is 0 Å². The molecule has 1 amide bonds. The molecule has 1 aromatic carbocycles. The van der Waals surface area contributed by atoms with Gasteiger partial charge in [-0.2, -0.15) is 4.98 Å². The molecule has 0 aliphatic rings. The zero-order chi connectivity index (χ0) is 17.1. The number of benzene rings is 1. The third-order valence-corrected chi connectivity index (χ3v) is 3.72. The molecule has 24 heavy (non-hydrogen) atoms. The summed E-state index contributed by atoms with van der Waals surface area (Å²) in [4.78, 5) is 16.4.